The minimum Gasteiger partial charge on any atom is -0.368 e. The van der Waals surface area contributed by atoms with Gasteiger partial charge in [-0.1, -0.05) is 11.6 Å². The Balaban J connectivity index is 0.00000363. The summed E-state index contributed by atoms with van der Waals surface area (Å²) in [6.07, 6.45) is 0. The summed E-state index contributed by atoms with van der Waals surface area (Å²) in [5, 5.41) is 11.6. The van der Waals surface area contributed by atoms with Crippen LogP contribution < -0.4 is 15.5 Å². The van der Waals surface area contributed by atoms with Crippen molar-refractivity contribution < 1.29 is 4.79 Å². The van der Waals surface area contributed by atoms with Gasteiger partial charge in [0.15, 0.2) is 5.96 Å². The van der Waals surface area contributed by atoms with Crippen LogP contribution in [-0.2, 0) is 18.4 Å². The van der Waals surface area contributed by atoms with Gasteiger partial charge >= 0.3 is 0 Å². The Bertz CT molecular complexity index is 921. The number of carbonyl (C=O) groups excluding carboxylic acids is 1. The van der Waals surface area contributed by atoms with E-state index in [2.05, 4.69) is 25.6 Å². The number of piperazine rings is 1. The van der Waals surface area contributed by atoms with Crippen LogP contribution in [-0.4, -0.2) is 65.8 Å². The van der Waals surface area contributed by atoms with Crippen LogP contribution >= 0.6 is 35.6 Å². The number of aliphatic imine (C=N–C) groups is 1. The zero-order valence-corrected chi connectivity index (χ0v) is 22.3. The number of amides is 1. The van der Waals surface area contributed by atoms with E-state index in [9.17, 15) is 4.79 Å². The molecule has 8 nitrogen and oxygen atoms in total. The average molecular weight is 574 g/mol. The van der Waals surface area contributed by atoms with Crippen molar-refractivity contribution in [1.29, 1.82) is 0 Å². The molecule has 0 spiro atoms. The van der Waals surface area contributed by atoms with Gasteiger partial charge in [-0.3, -0.25) is 9.48 Å². The Morgan fingerprint density at radius 3 is 2.34 bits per heavy atom. The third-order valence-corrected chi connectivity index (χ3v) is 5.88. The van der Waals surface area contributed by atoms with Gasteiger partial charge < -0.3 is 20.4 Å². The van der Waals surface area contributed by atoms with E-state index in [4.69, 9.17) is 11.6 Å². The molecular weight excluding hydrogens is 541 g/mol. The lowest BCUT2D eigenvalue weighted by Gasteiger charge is -2.36. The highest BCUT2D eigenvalue weighted by molar-refractivity contribution is 14.0. The number of aryl methyl sites for hydroxylation is 2. The van der Waals surface area contributed by atoms with E-state index < -0.39 is 0 Å². The van der Waals surface area contributed by atoms with Gasteiger partial charge in [0.25, 0.3) is 0 Å². The largest absolute Gasteiger partial charge is 0.368 e. The molecule has 0 unspecified atom stereocenters. The molecule has 1 aliphatic heterocycles. The lowest BCUT2D eigenvalue weighted by molar-refractivity contribution is -0.130. The van der Waals surface area contributed by atoms with E-state index in [-0.39, 0.29) is 36.4 Å². The summed E-state index contributed by atoms with van der Waals surface area (Å²) in [5.74, 6) is 0.716. The molecule has 2 heterocycles. The first-order valence-electron chi connectivity index (χ1n) is 10.7. The summed E-state index contributed by atoms with van der Waals surface area (Å²) >= 11 is 5.97. The van der Waals surface area contributed by atoms with Crippen molar-refractivity contribution in [3.05, 3.63) is 46.2 Å². The van der Waals surface area contributed by atoms with Gasteiger partial charge in [-0.05, 0) is 45.0 Å². The summed E-state index contributed by atoms with van der Waals surface area (Å²) in [7, 11) is 1.93. The zero-order valence-electron chi connectivity index (χ0n) is 19.2. The fourth-order valence-corrected chi connectivity index (χ4v) is 3.81. The second-order valence-corrected chi connectivity index (χ2v) is 8.10. The van der Waals surface area contributed by atoms with E-state index in [1.807, 2.05) is 61.7 Å². The van der Waals surface area contributed by atoms with Gasteiger partial charge in [0.2, 0.25) is 5.91 Å². The van der Waals surface area contributed by atoms with Crippen LogP contribution in [0.1, 0.15) is 23.9 Å². The molecule has 1 aromatic heterocycles. The molecule has 10 heteroatoms. The second-order valence-electron chi connectivity index (χ2n) is 7.67. The molecule has 2 aromatic rings. The third-order valence-electron chi connectivity index (χ3n) is 5.63. The Morgan fingerprint density at radius 1 is 1.12 bits per heavy atom. The molecule has 0 atom stereocenters. The number of nitrogens with one attached hydrogen (secondary N) is 2. The zero-order chi connectivity index (χ0) is 22.4. The number of aromatic nitrogens is 2. The van der Waals surface area contributed by atoms with Gasteiger partial charge in [-0.25, -0.2) is 4.99 Å². The molecular formula is C22H33ClIN7O. The first-order chi connectivity index (χ1) is 14.9. The normalized spacial score (nSPS) is 14.2. The van der Waals surface area contributed by atoms with Crippen molar-refractivity contribution in [2.45, 2.75) is 27.3 Å². The maximum absolute atomic E-state index is 12.7. The fraction of sp³-hybridized carbons (Fsp3) is 0.500. The molecule has 3 rings (SSSR count). The predicted molar refractivity (Wildman–Crippen MR) is 141 cm³/mol. The second kappa shape index (κ2) is 12.3. The highest BCUT2D eigenvalue weighted by atomic mass is 127. The summed E-state index contributed by atoms with van der Waals surface area (Å²) in [6, 6.07) is 7.83. The van der Waals surface area contributed by atoms with Gasteiger partial charge in [0.05, 0.1) is 18.8 Å². The smallest absolute Gasteiger partial charge is 0.242 e. The predicted octanol–water partition coefficient (Wildman–Crippen LogP) is 2.71. The molecule has 0 radical (unpaired) electrons. The first kappa shape index (κ1) is 26.2. The lowest BCUT2D eigenvalue weighted by atomic mass is 10.2. The maximum Gasteiger partial charge on any atom is 0.242 e. The molecule has 1 aliphatic rings. The standard InChI is InChI=1S/C22H32ClN7O.HI/c1-5-24-22(25-14-20-16(2)27-28(4)17(20)3)26-15-21(31)30-12-10-29(11-13-30)19-8-6-18(23)7-9-19;/h6-9H,5,10-15H2,1-4H3,(H2,24,25,26);1H. The van der Waals surface area contributed by atoms with Crippen LogP contribution in [0.15, 0.2) is 29.3 Å². The quantitative estimate of drug-likeness (QED) is 0.316. The Kier molecular flexibility index (Phi) is 10.1. The van der Waals surface area contributed by atoms with Crippen molar-refractivity contribution >= 4 is 53.1 Å². The van der Waals surface area contributed by atoms with Crippen molar-refractivity contribution in [2.75, 3.05) is 44.2 Å². The summed E-state index contributed by atoms with van der Waals surface area (Å²) < 4.78 is 1.87. The van der Waals surface area contributed by atoms with Crippen LogP contribution in [0.4, 0.5) is 5.69 Å². The minimum absolute atomic E-state index is 0. The molecule has 1 fully saturated rings. The average Bonchev–Trinajstić information content (AvgIpc) is 3.01. The Labute approximate surface area is 212 Å². The van der Waals surface area contributed by atoms with Crippen molar-refractivity contribution in [1.82, 2.24) is 25.3 Å². The number of hydrogen-bond acceptors (Lipinski definition) is 4. The van der Waals surface area contributed by atoms with Crippen molar-refractivity contribution in [2.24, 2.45) is 12.0 Å². The number of halogens is 2. The molecule has 0 bridgehead atoms. The number of guanidine groups is 1. The highest BCUT2D eigenvalue weighted by Crippen LogP contribution is 2.19. The molecule has 0 aliphatic carbocycles. The van der Waals surface area contributed by atoms with Crippen molar-refractivity contribution in [3.8, 4) is 0 Å². The number of benzene rings is 1. The molecule has 1 aromatic carbocycles. The highest BCUT2D eigenvalue weighted by Gasteiger charge is 2.21. The van der Waals surface area contributed by atoms with Crippen molar-refractivity contribution in [3.63, 3.8) is 0 Å². The molecule has 32 heavy (non-hydrogen) atoms. The molecule has 176 valence electrons. The van der Waals surface area contributed by atoms with E-state index >= 15 is 0 Å². The van der Waals surface area contributed by atoms with Crippen LogP contribution in [0.5, 0.6) is 0 Å². The number of hydrogen-bond donors (Lipinski definition) is 2. The SMILES string of the molecule is CCNC(=NCc1c(C)nn(C)c1C)NCC(=O)N1CCN(c2ccc(Cl)cc2)CC1.I. The van der Waals surface area contributed by atoms with Gasteiger partial charge in [-0.15, -0.1) is 24.0 Å². The number of carbonyl (C=O) groups is 1. The molecule has 0 saturated carbocycles. The Hall–Kier alpha value is -2.01. The molecule has 1 saturated heterocycles. The first-order valence-corrected chi connectivity index (χ1v) is 11.1. The van der Waals surface area contributed by atoms with E-state index in [0.717, 1.165) is 47.3 Å². The van der Waals surface area contributed by atoms with E-state index in [1.165, 1.54) is 0 Å². The summed E-state index contributed by atoms with van der Waals surface area (Å²) in [6.45, 7) is 10.5. The van der Waals surface area contributed by atoms with Gasteiger partial charge in [-0.2, -0.15) is 5.10 Å². The van der Waals surface area contributed by atoms with Gasteiger partial charge in [0, 0.05) is 61.7 Å². The van der Waals surface area contributed by atoms with Crippen LogP contribution in [0, 0.1) is 13.8 Å². The van der Waals surface area contributed by atoms with Crippen LogP contribution in [0.2, 0.25) is 5.02 Å². The maximum atomic E-state index is 12.7. The number of rotatable bonds is 6. The van der Waals surface area contributed by atoms with Crippen LogP contribution in [0.25, 0.3) is 0 Å². The third kappa shape index (κ3) is 6.74. The number of nitrogens with zero attached hydrogens (tertiary/aromatic N) is 5. The fourth-order valence-electron chi connectivity index (χ4n) is 3.68. The van der Waals surface area contributed by atoms with Crippen LogP contribution in [0.3, 0.4) is 0 Å². The molecule has 2 N–H and O–H groups in total. The van der Waals surface area contributed by atoms with E-state index in [1.54, 1.807) is 0 Å². The molecule has 1 amide bonds. The monoisotopic (exact) mass is 573 g/mol. The topological polar surface area (TPSA) is 77.8 Å². The minimum atomic E-state index is 0. The Morgan fingerprint density at radius 2 is 1.78 bits per heavy atom. The summed E-state index contributed by atoms with van der Waals surface area (Å²) in [4.78, 5) is 21.5. The van der Waals surface area contributed by atoms with E-state index in [0.29, 0.717) is 25.6 Å². The lowest BCUT2D eigenvalue weighted by Crippen LogP contribution is -2.52. The number of anilines is 1. The summed E-state index contributed by atoms with van der Waals surface area (Å²) in [5.41, 5.74) is 4.34. The van der Waals surface area contributed by atoms with Gasteiger partial charge in [0.1, 0.15) is 0 Å².